The van der Waals surface area contributed by atoms with Crippen LogP contribution in [0.5, 0.6) is 5.75 Å². The second kappa shape index (κ2) is 9.84. The van der Waals surface area contributed by atoms with E-state index in [0.29, 0.717) is 12.5 Å². The Morgan fingerprint density at radius 2 is 1.79 bits per heavy atom. The van der Waals surface area contributed by atoms with Gasteiger partial charge in [-0.2, -0.15) is 0 Å². The van der Waals surface area contributed by atoms with Gasteiger partial charge in [-0.15, -0.1) is 16.4 Å². The highest BCUT2D eigenvalue weighted by Crippen LogP contribution is 2.31. The van der Waals surface area contributed by atoms with Gasteiger partial charge in [-0.25, -0.2) is 14.5 Å². The highest BCUT2D eigenvalue weighted by Gasteiger charge is 2.29. The molecule has 2 fully saturated rings. The summed E-state index contributed by atoms with van der Waals surface area (Å²) in [6, 6.07) is 7.82. The second-order valence-electron chi connectivity index (χ2n) is 8.55. The molecule has 1 aromatic carbocycles. The number of thiazole rings is 1. The van der Waals surface area contributed by atoms with Gasteiger partial charge in [0, 0.05) is 50.6 Å². The average Bonchev–Trinajstić information content (AvgIpc) is 3.56. The first-order valence-corrected chi connectivity index (χ1v) is 12.2. The van der Waals surface area contributed by atoms with E-state index in [1.54, 1.807) is 22.3 Å². The third kappa shape index (κ3) is 5.14. The molecular formula is C22H28N8O2S. The molecule has 33 heavy (non-hydrogen) atoms. The van der Waals surface area contributed by atoms with Crippen LogP contribution in [0, 0.1) is 0 Å². The number of aromatic nitrogens is 5. The molecule has 2 saturated heterocycles. The van der Waals surface area contributed by atoms with E-state index in [1.165, 1.54) is 0 Å². The quantitative estimate of drug-likeness (QED) is 0.567. The van der Waals surface area contributed by atoms with Crippen LogP contribution in [-0.2, 0) is 6.61 Å². The number of likely N-dealkylation sites (tertiary alicyclic amines) is 1. The fourth-order valence-corrected chi connectivity index (χ4v) is 5.20. The van der Waals surface area contributed by atoms with Crippen molar-refractivity contribution in [2.24, 2.45) is 0 Å². The van der Waals surface area contributed by atoms with Crippen molar-refractivity contribution in [1.82, 2.24) is 39.9 Å². The van der Waals surface area contributed by atoms with Crippen molar-refractivity contribution in [3.8, 4) is 11.4 Å². The molecule has 2 aromatic heterocycles. The molecule has 2 aliphatic rings. The Balaban J connectivity index is 1.10. The number of hydrogen-bond acceptors (Lipinski definition) is 8. The molecule has 0 N–H and O–H groups in total. The normalized spacial score (nSPS) is 18.0. The monoisotopic (exact) mass is 468 g/mol. The molecule has 0 unspecified atom stereocenters. The lowest BCUT2D eigenvalue weighted by molar-refractivity contribution is 0.113. The van der Waals surface area contributed by atoms with Crippen LogP contribution in [0.15, 0.2) is 36.0 Å². The second-order valence-corrected chi connectivity index (χ2v) is 9.44. The van der Waals surface area contributed by atoms with Crippen molar-refractivity contribution in [3.63, 3.8) is 0 Å². The van der Waals surface area contributed by atoms with Crippen molar-refractivity contribution in [3.05, 3.63) is 46.7 Å². The fraction of sp³-hybridized carbons (Fsp3) is 0.500. The summed E-state index contributed by atoms with van der Waals surface area (Å²) in [6.07, 6.45) is 3.48. The topological polar surface area (TPSA) is 92.5 Å². The molecule has 2 amide bonds. The summed E-state index contributed by atoms with van der Waals surface area (Å²) in [6.45, 7) is 5.59. The number of benzene rings is 1. The molecule has 0 saturated carbocycles. The minimum absolute atomic E-state index is 0.195. The lowest BCUT2D eigenvalue weighted by atomic mass is 9.98. The first kappa shape index (κ1) is 21.8. The zero-order valence-electron chi connectivity index (χ0n) is 18.7. The minimum Gasteiger partial charge on any atom is -0.487 e. The van der Waals surface area contributed by atoms with E-state index in [2.05, 4.69) is 32.9 Å². The maximum atomic E-state index is 12.8. The Labute approximate surface area is 196 Å². The maximum absolute atomic E-state index is 12.8. The number of carbonyl (C=O) groups is 1. The fourth-order valence-electron chi connectivity index (χ4n) is 4.22. The van der Waals surface area contributed by atoms with Crippen LogP contribution in [0.1, 0.15) is 29.5 Å². The molecule has 11 heteroatoms. The summed E-state index contributed by atoms with van der Waals surface area (Å²) in [5, 5.41) is 14.4. The van der Waals surface area contributed by atoms with E-state index in [-0.39, 0.29) is 6.03 Å². The highest BCUT2D eigenvalue weighted by molar-refractivity contribution is 7.09. The number of amides is 2. The number of tetrazole rings is 1. The molecule has 0 radical (unpaired) electrons. The molecule has 0 atom stereocenters. The van der Waals surface area contributed by atoms with Gasteiger partial charge >= 0.3 is 6.03 Å². The van der Waals surface area contributed by atoms with Gasteiger partial charge in [0.05, 0.1) is 16.4 Å². The average molecular weight is 469 g/mol. The lowest BCUT2D eigenvalue weighted by Crippen LogP contribution is -2.53. The summed E-state index contributed by atoms with van der Waals surface area (Å²) in [7, 11) is 2.11. The summed E-state index contributed by atoms with van der Waals surface area (Å²) in [4.78, 5) is 23.9. The van der Waals surface area contributed by atoms with Gasteiger partial charge in [0.2, 0.25) is 0 Å². The summed E-state index contributed by atoms with van der Waals surface area (Å²) in [5.74, 6) is 1.19. The Bertz CT molecular complexity index is 1040. The van der Waals surface area contributed by atoms with Gasteiger partial charge in [0.1, 0.15) is 18.7 Å². The Morgan fingerprint density at radius 3 is 2.48 bits per heavy atom. The van der Waals surface area contributed by atoms with E-state index in [9.17, 15) is 4.79 Å². The molecule has 174 valence electrons. The standard InChI is InChI=1S/C22H28N8O2S/c1-27-10-12-29(13-11-27)22(31)28-8-6-17(7-9-28)21-24-18(15-33-21)14-32-20-4-2-19(3-5-20)30-16-23-25-26-30/h2-5,15-17H,6-14H2,1H3. The molecule has 10 nitrogen and oxygen atoms in total. The first-order valence-electron chi connectivity index (χ1n) is 11.3. The van der Waals surface area contributed by atoms with E-state index >= 15 is 0 Å². The third-order valence-electron chi connectivity index (χ3n) is 6.30. The van der Waals surface area contributed by atoms with Crippen molar-refractivity contribution in [1.29, 1.82) is 0 Å². The van der Waals surface area contributed by atoms with Crippen LogP contribution in [0.3, 0.4) is 0 Å². The number of urea groups is 1. The Kier molecular flexibility index (Phi) is 6.49. The Hall–Kier alpha value is -3.05. The van der Waals surface area contributed by atoms with Crippen molar-refractivity contribution < 1.29 is 9.53 Å². The van der Waals surface area contributed by atoms with Crippen LogP contribution >= 0.6 is 11.3 Å². The molecule has 5 rings (SSSR count). The van der Waals surface area contributed by atoms with Crippen LogP contribution in [0.25, 0.3) is 5.69 Å². The van der Waals surface area contributed by atoms with Crippen molar-refractivity contribution in [2.45, 2.75) is 25.4 Å². The number of ether oxygens (including phenoxy) is 1. The van der Waals surface area contributed by atoms with Gasteiger partial charge in [-0.3, -0.25) is 0 Å². The van der Waals surface area contributed by atoms with Gasteiger partial charge in [0.25, 0.3) is 0 Å². The first-order chi connectivity index (χ1) is 16.2. The zero-order valence-corrected chi connectivity index (χ0v) is 19.5. The molecule has 0 bridgehead atoms. The molecule has 2 aliphatic heterocycles. The number of hydrogen-bond donors (Lipinski definition) is 0. The van der Waals surface area contributed by atoms with Gasteiger partial charge in [-0.05, 0) is 54.6 Å². The smallest absolute Gasteiger partial charge is 0.320 e. The molecule has 3 aromatic rings. The van der Waals surface area contributed by atoms with Crippen LogP contribution in [-0.4, -0.2) is 92.2 Å². The SMILES string of the molecule is CN1CCN(C(=O)N2CCC(c3nc(COc4ccc(-n5cnnn5)cc4)cs3)CC2)CC1. The maximum Gasteiger partial charge on any atom is 0.320 e. The lowest BCUT2D eigenvalue weighted by Gasteiger charge is -2.38. The predicted molar refractivity (Wildman–Crippen MR) is 124 cm³/mol. The molecule has 0 spiro atoms. The minimum atomic E-state index is 0.195. The number of piperidine rings is 1. The number of rotatable bonds is 5. The van der Waals surface area contributed by atoms with E-state index in [4.69, 9.17) is 9.72 Å². The summed E-state index contributed by atoms with van der Waals surface area (Å²) < 4.78 is 7.51. The van der Waals surface area contributed by atoms with Gasteiger partial charge in [-0.1, -0.05) is 0 Å². The number of likely N-dealkylation sites (N-methyl/N-ethyl adjacent to an activating group) is 1. The highest BCUT2D eigenvalue weighted by atomic mass is 32.1. The van der Waals surface area contributed by atoms with E-state index < -0.39 is 0 Å². The molecular weight excluding hydrogens is 440 g/mol. The summed E-state index contributed by atoms with van der Waals surface area (Å²) >= 11 is 1.69. The summed E-state index contributed by atoms with van der Waals surface area (Å²) in [5.41, 5.74) is 1.82. The van der Waals surface area contributed by atoms with Gasteiger partial charge in [0.15, 0.2) is 0 Å². The van der Waals surface area contributed by atoms with Crippen LogP contribution < -0.4 is 4.74 Å². The van der Waals surface area contributed by atoms with E-state index in [0.717, 1.165) is 74.2 Å². The van der Waals surface area contributed by atoms with Crippen molar-refractivity contribution >= 4 is 17.4 Å². The van der Waals surface area contributed by atoms with E-state index in [1.807, 2.05) is 34.1 Å². The number of carbonyl (C=O) groups excluding carboxylic acids is 1. The predicted octanol–water partition coefficient (Wildman–Crippen LogP) is 2.24. The van der Waals surface area contributed by atoms with Gasteiger partial charge < -0.3 is 19.4 Å². The van der Waals surface area contributed by atoms with Crippen molar-refractivity contribution in [2.75, 3.05) is 46.3 Å². The Morgan fingerprint density at radius 1 is 1.06 bits per heavy atom. The molecule has 4 heterocycles. The molecule has 0 aliphatic carbocycles. The zero-order chi connectivity index (χ0) is 22.6. The number of piperazine rings is 1. The largest absolute Gasteiger partial charge is 0.487 e. The van der Waals surface area contributed by atoms with Crippen LogP contribution in [0.2, 0.25) is 0 Å². The number of nitrogens with zero attached hydrogens (tertiary/aromatic N) is 8. The third-order valence-corrected chi connectivity index (χ3v) is 7.35. The van der Waals surface area contributed by atoms with Crippen LogP contribution in [0.4, 0.5) is 4.79 Å².